The van der Waals surface area contributed by atoms with Crippen molar-refractivity contribution in [2.75, 3.05) is 13.1 Å². The molecule has 80 valence electrons. The highest BCUT2D eigenvalue weighted by Gasteiger charge is 2.28. The zero-order valence-corrected chi connectivity index (χ0v) is 9.34. The van der Waals surface area contributed by atoms with Gasteiger partial charge in [0.05, 0.1) is 5.01 Å². The number of carbonyl (C=O) groups is 2. The fourth-order valence-corrected chi connectivity index (χ4v) is 2.35. The minimum absolute atomic E-state index is 0.259. The Hall–Kier alpha value is -1.23. The van der Waals surface area contributed by atoms with Gasteiger partial charge in [-0.1, -0.05) is 0 Å². The molecule has 1 aromatic heterocycles. The minimum atomic E-state index is -0.330. The fraction of sp³-hybridized carbons (Fsp3) is 0.500. The Kier molecular flexibility index (Phi) is 2.81. The molecular formula is C10H12N2O2S. The second-order valence-corrected chi connectivity index (χ2v) is 4.54. The lowest BCUT2D eigenvalue weighted by atomic mass is 10.3. The summed E-state index contributed by atoms with van der Waals surface area (Å²) in [5.41, 5.74) is 1.01. The van der Waals surface area contributed by atoms with Gasteiger partial charge in [-0.2, -0.15) is 0 Å². The van der Waals surface area contributed by atoms with E-state index in [4.69, 9.17) is 0 Å². The van der Waals surface area contributed by atoms with Gasteiger partial charge in [0.25, 0.3) is 5.91 Å². The Bertz CT molecular complexity index is 400. The number of carbonyl (C=O) groups excluding carboxylic acids is 2. The van der Waals surface area contributed by atoms with Crippen molar-refractivity contribution in [2.45, 2.75) is 19.8 Å². The molecule has 0 unspecified atom stereocenters. The van der Waals surface area contributed by atoms with E-state index in [1.165, 1.54) is 0 Å². The highest BCUT2D eigenvalue weighted by atomic mass is 32.1. The van der Waals surface area contributed by atoms with Crippen LogP contribution in [-0.4, -0.2) is 34.7 Å². The highest BCUT2D eigenvalue weighted by Crippen LogP contribution is 2.12. The topological polar surface area (TPSA) is 50.3 Å². The third kappa shape index (κ3) is 2.23. The number of rotatable bonds is 3. The zero-order chi connectivity index (χ0) is 10.8. The van der Waals surface area contributed by atoms with E-state index in [0.29, 0.717) is 19.5 Å². The number of hydrogen-bond acceptors (Lipinski definition) is 4. The summed E-state index contributed by atoms with van der Waals surface area (Å²) in [6, 6.07) is 0. The Labute approximate surface area is 91.9 Å². The van der Waals surface area contributed by atoms with Crippen molar-refractivity contribution in [3.63, 3.8) is 0 Å². The normalized spacial score (nSPS) is 16.5. The predicted octanol–water partition coefficient (Wildman–Crippen LogP) is 0.795. The van der Waals surface area contributed by atoms with Gasteiger partial charge in [-0.05, 0) is 6.92 Å². The number of ketones is 1. The average molecular weight is 224 g/mol. The van der Waals surface area contributed by atoms with Crippen LogP contribution in [0.1, 0.15) is 17.1 Å². The van der Waals surface area contributed by atoms with Crippen molar-refractivity contribution in [1.29, 1.82) is 0 Å². The molecule has 1 saturated heterocycles. The van der Waals surface area contributed by atoms with E-state index in [9.17, 15) is 9.59 Å². The molecule has 2 heterocycles. The van der Waals surface area contributed by atoms with Gasteiger partial charge in [0, 0.05) is 37.0 Å². The second kappa shape index (κ2) is 4.10. The molecule has 0 aromatic carbocycles. The largest absolute Gasteiger partial charge is 0.335 e. The van der Waals surface area contributed by atoms with Crippen LogP contribution in [0.25, 0.3) is 0 Å². The Morgan fingerprint density at radius 2 is 2.33 bits per heavy atom. The molecule has 2 rings (SSSR count). The number of Topliss-reactive ketones (excluding diaryl/α,β-unsaturated/α-hetero) is 1. The van der Waals surface area contributed by atoms with Crippen LogP contribution in [0.2, 0.25) is 0 Å². The summed E-state index contributed by atoms with van der Waals surface area (Å²) in [6.45, 7) is 3.13. The second-order valence-electron chi connectivity index (χ2n) is 3.60. The Morgan fingerprint density at radius 3 is 2.87 bits per heavy atom. The van der Waals surface area contributed by atoms with Gasteiger partial charge < -0.3 is 4.90 Å². The summed E-state index contributed by atoms with van der Waals surface area (Å²) in [5, 5.41) is 3.02. The van der Waals surface area contributed by atoms with Crippen LogP contribution >= 0.6 is 11.3 Å². The van der Waals surface area contributed by atoms with E-state index in [-0.39, 0.29) is 11.7 Å². The van der Waals surface area contributed by atoms with Gasteiger partial charge >= 0.3 is 0 Å². The molecule has 1 amide bonds. The molecule has 0 atom stereocenters. The lowest BCUT2D eigenvalue weighted by Gasteiger charge is -2.12. The van der Waals surface area contributed by atoms with E-state index < -0.39 is 0 Å². The minimum Gasteiger partial charge on any atom is -0.335 e. The Morgan fingerprint density at radius 1 is 1.53 bits per heavy atom. The SMILES string of the molecule is Cc1csc(CCN2CCC(=O)C2=O)n1. The molecule has 0 radical (unpaired) electrons. The smallest absolute Gasteiger partial charge is 0.290 e. The molecule has 0 spiro atoms. The summed E-state index contributed by atoms with van der Waals surface area (Å²) in [5.74, 6) is -0.589. The summed E-state index contributed by atoms with van der Waals surface area (Å²) >= 11 is 1.60. The molecular weight excluding hydrogens is 212 g/mol. The summed E-state index contributed by atoms with van der Waals surface area (Å²) in [4.78, 5) is 28.2. The van der Waals surface area contributed by atoms with E-state index >= 15 is 0 Å². The molecule has 0 N–H and O–H groups in total. The first-order valence-corrected chi connectivity index (χ1v) is 5.78. The van der Waals surface area contributed by atoms with Gasteiger partial charge in [-0.3, -0.25) is 9.59 Å². The van der Waals surface area contributed by atoms with Crippen LogP contribution in [0.3, 0.4) is 0 Å². The van der Waals surface area contributed by atoms with Crippen molar-refractivity contribution >= 4 is 23.0 Å². The van der Waals surface area contributed by atoms with Gasteiger partial charge in [-0.15, -0.1) is 11.3 Å². The quantitative estimate of drug-likeness (QED) is 0.713. The van der Waals surface area contributed by atoms with Crippen molar-refractivity contribution in [2.24, 2.45) is 0 Å². The fourth-order valence-electron chi connectivity index (χ4n) is 1.58. The summed E-state index contributed by atoms with van der Waals surface area (Å²) in [6.07, 6.45) is 1.12. The first-order chi connectivity index (χ1) is 7.16. The lowest BCUT2D eigenvalue weighted by Crippen LogP contribution is -2.29. The number of nitrogens with zero attached hydrogens (tertiary/aromatic N) is 2. The number of amides is 1. The molecule has 4 nitrogen and oxygen atoms in total. The van der Waals surface area contributed by atoms with Crippen LogP contribution in [0.4, 0.5) is 0 Å². The monoisotopic (exact) mass is 224 g/mol. The van der Waals surface area contributed by atoms with Crippen LogP contribution in [0, 0.1) is 6.92 Å². The number of thiazole rings is 1. The number of likely N-dealkylation sites (tertiary alicyclic amines) is 1. The van der Waals surface area contributed by atoms with Crippen LogP contribution < -0.4 is 0 Å². The van der Waals surface area contributed by atoms with Crippen molar-refractivity contribution in [3.05, 3.63) is 16.1 Å². The average Bonchev–Trinajstić information content (AvgIpc) is 2.74. The molecule has 0 bridgehead atoms. The van der Waals surface area contributed by atoms with Crippen molar-refractivity contribution in [3.8, 4) is 0 Å². The summed E-state index contributed by atoms with van der Waals surface area (Å²) in [7, 11) is 0. The molecule has 1 aliphatic rings. The van der Waals surface area contributed by atoms with Gasteiger partial charge in [0.2, 0.25) is 5.78 Å². The predicted molar refractivity (Wildman–Crippen MR) is 56.8 cm³/mol. The van der Waals surface area contributed by atoms with E-state index in [1.54, 1.807) is 16.2 Å². The number of aromatic nitrogens is 1. The van der Waals surface area contributed by atoms with Gasteiger partial charge in [0.15, 0.2) is 0 Å². The third-order valence-corrected chi connectivity index (χ3v) is 3.42. The molecule has 1 aromatic rings. The first kappa shape index (κ1) is 10.3. The zero-order valence-electron chi connectivity index (χ0n) is 8.52. The maximum atomic E-state index is 11.3. The van der Waals surface area contributed by atoms with Crippen LogP contribution in [-0.2, 0) is 16.0 Å². The molecule has 0 aliphatic carbocycles. The van der Waals surface area contributed by atoms with E-state index in [1.807, 2.05) is 12.3 Å². The standard InChI is InChI=1S/C10H12N2O2S/c1-7-6-15-9(11-7)3-5-12-4-2-8(13)10(12)14/h6H,2-5H2,1H3. The number of aryl methyl sites for hydroxylation is 1. The Balaban J connectivity index is 1.89. The van der Waals surface area contributed by atoms with Crippen LogP contribution in [0.15, 0.2) is 5.38 Å². The molecule has 15 heavy (non-hydrogen) atoms. The van der Waals surface area contributed by atoms with E-state index in [2.05, 4.69) is 4.98 Å². The molecule has 5 heteroatoms. The maximum Gasteiger partial charge on any atom is 0.290 e. The van der Waals surface area contributed by atoms with Crippen molar-refractivity contribution in [1.82, 2.24) is 9.88 Å². The first-order valence-electron chi connectivity index (χ1n) is 4.90. The number of hydrogen-bond donors (Lipinski definition) is 0. The van der Waals surface area contributed by atoms with E-state index in [0.717, 1.165) is 17.1 Å². The third-order valence-electron chi connectivity index (χ3n) is 2.40. The van der Waals surface area contributed by atoms with Gasteiger partial charge in [-0.25, -0.2) is 4.98 Å². The highest BCUT2D eigenvalue weighted by molar-refractivity contribution is 7.09. The summed E-state index contributed by atoms with van der Waals surface area (Å²) < 4.78 is 0. The molecule has 1 aliphatic heterocycles. The van der Waals surface area contributed by atoms with Gasteiger partial charge in [0.1, 0.15) is 0 Å². The van der Waals surface area contributed by atoms with Crippen LogP contribution in [0.5, 0.6) is 0 Å². The van der Waals surface area contributed by atoms with Crippen molar-refractivity contribution < 1.29 is 9.59 Å². The molecule has 1 fully saturated rings. The lowest BCUT2D eigenvalue weighted by molar-refractivity contribution is -0.139. The molecule has 0 saturated carbocycles. The maximum absolute atomic E-state index is 11.3.